The van der Waals surface area contributed by atoms with E-state index in [9.17, 15) is 0 Å². The minimum atomic E-state index is 0.0881. The number of rotatable bonds is 6. The van der Waals surface area contributed by atoms with Gasteiger partial charge in [0, 0.05) is 5.56 Å². The Bertz CT molecular complexity index is 562. The molecule has 0 saturated carbocycles. The maximum atomic E-state index is 6.09. The van der Waals surface area contributed by atoms with Gasteiger partial charge in [-0.05, 0) is 19.4 Å². The molecular formula is C15H18ClN3O. The Hall–Kier alpha value is -1.81. The van der Waals surface area contributed by atoms with Crippen molar-refractivity contribution >= 4 is 17.4 Å². The molecule has 1 atom stereocenters. The van der Waals surface area contributed by atoms with Crippen molar-refractivity contribution in [2.24, 2.45) is 0 Å². The van der Waals surface area contributed by atoms with Crippen LogP contribution in [0, 0.1) is 0 Å². The second-order valence-corrected chi connectivity index (χ2v) is 4.70. The first-order valence-corrected chi connectivity index (χ1v) is 7.07. The lowest BCUT2D eigenvalue weighted by Crippen LogP contribution is -2.13. The number of aromatic nitrogens is 2. The molecule has 0 aliphatic heterocycles. The van der Waals surface area contributed by atoms with Crippen LogP contribution in [0.15, 0.2) is 36.8 Å². The van der Waals surface area contributed by atoms with Crippen LogP contribution in [0.3, 0.4) is 0 Å². The summed E-state index contributed by atoms with van der Waals surface area (Å²) in [5.41, 5.74) is 1.10. The predicted molar refractivity (Wildman–Crippen MR) is 81.3 cm³/mol. The van der Waals surface area contributed by atoms with Crippen LogP contribution in [0.5, 0.6) is 5.75 Å². The first-order chi connectivity index (χ1) is 9.76. The van der Waals surface area contributed by atoms with Crippen molar-refractivity contribution in [3.8, 4) is 5.75 Å². The number of hydrogen-bond acceptors (Lipinski definition) is 4. The zero-order valence-corrected chi connectivity index (χ0v) is 12.4. The van der Waals surface area contributed by atoms with Gasteiger partial charge in [0.1, 0.15) is 22.9 Å². The molecule has 1 heterocycles. The fourth-order valence-corrected chi connectivity index (χ4v) is 2.20. The SMILES string of the molecule is CCOc1ccccc1C(CC)Nc1ncncc1Cl. The van der Waals surface area contributed by atoms with Crippen LogP contribution in [0.25, 0.3) is 0 Å². The lowest BCUT2D eigenvalue weighted by molar-refractivity contribution is 0.334. The highest BCUT2D eigenvalue weighted by Crippen LogP contribution is 2.31. The van der Waals surface area contributed by atoms with Crippen LogP contribution in [0.2, 0.25) is 5.02 Å². The molecule has 20 heavy (non-hydrogen) atoms. The summed E-state index contributed by atoms with van der Waals surface area (Å²) in [6, 6.07) is 8.10. The van der Waals surface area contributed by atoms with Gasteiger partial charge in [0.2, 0.25) is 0 Å². The summed E-state index contributed by atoms with van der Waals surface area (Å²) in [4.78, 5) is 8.06. The van der Waals surface area contributed by atoms with E-state index >= 15 is 0 Å². The highest BCUT2D eigenvalue weighted by atomic mass is 35.5. The number of hydrogen-bond donors (Lipinski definition) is 1. The standard InChI is InChI=1S/C15H18ClN3O/c1-3-13(19-15-12(16)9-17-10-18-15)11-7-5-6-8-14(11)20-4-2/h5-10,13H,3-4H2,1-2H3,(H,17,18,19). The summed E-state index contributed by atoms with van der Waals surface area (Å²) in [6.45, 7) is 4.73. The second kappa shape index (κ2) is 7.10. The molecule has 1 aromatic heterocycles. The van der Waals surface area contributed by atoms with E-state index in [-0.39, 0.29) is 6.04 Å². The van der Waals surface area contributed by atoms with Gasteiger partial charge < -0.3 is 10.1 Å². The number of ether oxygens (including phenoxy) is 1. The molecule has 0 bridgehead atoms. The molecule has 2 aromatic rings. The molecule has 1 unspecified atom stereocenters. The normalized spacial score (nSPS) is 11.9. The van der Waals surface area contributed by atoms with Crippen LogP contribution in [0.1, 0.15) is 31.9 Å². The molecule has 0 radical (unpaired) electrons. The van der Waals surface area contributed by atoms with E-state index in [1.807, 2.05) is 25.1 Å². The maximum absolute atomic E-state index is 6.09. The quantitative estimate of drug-likeness (QED) is 0.871. The summed E-state index contributed by atoms with van der Waals surface area (Å²) >= 11 is 6.09. The number of nitrogens with zero attached hydrogens (tertiary/aromatic N) is 2. The van der Waals surface area contributed by atoms with Crippen molar-refractivity contribution in [1.29, 1.82) is 0 Å². The molecule has 4 nitrogen and oxygen atoms in total. The first-order valence-electron chi connectivity index (χ1n) is 6.70. The van der Waals surface area contributed by atoms with Crippen LogP contribution in [-0.4, -0.2) is 16.6 Å². The fourth-order valence-electron chi connectivity index (χ4n) is 2.04. The molecule has 0 spiro atoms. The van der Waals surface area contributed by atoms with Crippen molar-refractivity contribution in [3.05, 3.63) is 47.4 Å². The molecule has 0 aliphatic carbocycles. The number of benzene rings is 1. The van der Waals surface area contributed by atoms with Gasteiger partial charge in [0.15, 0.2) is 0 Å². The second-order valence-electron chi connectivity index (χ2n) is 4.30. The van der Waals surface area contributed by atoms with Crippen molar-refractivity contribution in [2.45, 2.75) is 26.3 Å². The van der Waals surface area contributed by atoms with Crippen LogP contribution in [-0.2, 0) is 0 Å². The molecule has 1 N–H and O–H groups in total. The van der Waals surface area contributed by atoms with Crippen LogP contribution in [0.4, 0.5) is 5.82 Å². The Morgan fingerprint density at radius 3 is 2.80 bits per heavy atom. The maximum Gasteiger partial charge on any atom is 0.148 e. The summed E-state index contributed by atoms with van der Waals surface area (Å²) in [6.07, 6.45) is 3.96. The Morgan fingerprint density at radius 2 is 2.10 bits per heavy atom. The third-order valence-electron chi connectivity index (χ3n) is 2.98. The zero-order chi connectivity index (χ0) is 14.4. The average Bonchev–Trinajstić information content (AvgIpc) is 2.48. The van der Waals surface area contributed by atoms with Gasteiger partial charge in [-0.15, -0.1) is 0 Å². The van der Waals surface area contributed by atoms with E-state index < -0.39 is 0 Å². The topological polar surface area (TPSA) is 47.0 Å². The van der Waals surface area contributed by atoms with Crippen molar-refractivity contribution in [3.63, 3.8) is 0 Å². The lowest BCUT2D eigenvalue weighted by atomic mass is 10.0. The van der Waals surface area contributed by atoms with Crippen molar-refractivity contribution in [1.82, 2.24) is 9.97 Å². The Balaban J connectivity index is 2.27. The molecule has 2 rings (SSSR count). The minimum absolute atomic E-state index is 0.0881. The molecular weight excluding hydrogens is 274 g/mol. The molecule has 0 fully saturated rings. The monoisotopic (exact) mass is 291 g/mol. The van der Waals surface area contributed by atoms with E-state index in [4.69, 9.17) is 16.3 Å². The van der Waals surface area contributed by atoms with Crippen LogP contribution < -0.4 is 10.1 Å². The number of para-hydroxylation sites is 1. The Morgan fingerprint density at radius 1 is 1.30 bits per heavy atom. The predicted octanol–water partition coefficient (Wildman–Crippen LogP) is 4.09. The first kappa shape index (κ1) is 14.6. The Kier molecular flexibility index (Phi) is 5.18. The third kappa shape index (κ3) is 3.39. The fraction of sp³-hybridized carbons (Fsp3) is 0.333. The number of halogens is 1. The van der Waals surface area contributed by atoms with E-state index in [2.05, 4.69) is 28.3 Å². The molecule has 0 aliphatic rings. The van der Waals surface area contributed by atoms with Gasteiger partial charge in [-0.3, -0.25) is 0 Å². The number of nitrogens with one attached hydrogen (secondary N) is 1. The zero-order valence-electron chi connectivity index (χ0n) is 11.6. The largest absolute Gasteiger partial charge is 0.494 e. The van der Waals surface area contributed by atoms with Crippen molar-refractivity contribution < 1.29 is 4.74 Å². The summed E-state index contributed by atoms with van der Waals surface area (Å²) in [7, 11) is 0. The van der Waals surface area contributed by atoms with Gasteiger partial charge in [-0.25, -0.2) is 9.97 Å². The van der Waals surface area contributed by atoms with Crippen molar-refractivity contribution in [2.75, 3.05) is 11.9 Å². The van der Waals surface area contributed by atoms with Crippen LogP contribution >= 0.6 is 11.6 Å². The van der Waals surface area contributed by atoms with E-state index in [0.717, 1.165) is 17.7 Å². The molecule has 1 aromatic carbocycles. The van der Waals surface area contributed by atoms with Gasteiger partial charge >= 0.3 is 0 Å². The van der Waals surface area contributed by atoms with E-state index in [1.54, 1.807) is 6.20 Å². The van der Waals surface area contributed by atoms with Gasteiger partial charge in [-0.1, -0.05) is 36.7 Å². The number of anilines is 1. The molecule has 0 amide bonds. The lowest BCUT2D eigenvalue weighted by Gasteiger charge is -2.21. The van der Waals surface area contributed by atoms with Gasteiger partial charge in [0.05, 0.1) is 18.8 Å². The Labute approximate surface area is 124 Å². The van der Waals surface area contributed by atoms with E-state index in [0.29, 0.717) is 17.4 Å². The van der Waals surface area contributed by atoms with E-state index in [1.165, 1.54) is 6.33 Å². The summed E-state index contributed by atoms with van der Waals surface area (Å²) in [5.74, 6) is 1.53. The highest BCUT2D eigenvalue weighted by Gasteiger charge is 2.15. The molecule has 0 saturated heterocycles. The minimum Gasteiger partial charge on any atom is -0.494 e. The average molecular weight is 292 g/mol. The van der Waals surface area contributed by atoms with Gasteiger partial charge in [0.25, 0.3) is 0 Å². The molecule has 106 valence electrons. The third-order valence-corrected chi connectivity index (χ3v) is 3.26. The van der Waals surface area contributed by atoms with Gasteiger partial charge in [-0.2, -0.15) is 0 Å². The summed E-state index contributed by atoms with van der Waals surface area (Å²) in [5, 5.41) is 3.86. The summed E-state index contributed by atoms with van der Waals surface area (Å²) < 4.78 is 5.68. The highest BCUT2D eigenvalue weighted by molar-refractivity contribution is 6.32. The molecule has 5 heteroatoms. The smallest absolute Gasteiger partial charge is 0.148 e.